The molecule has 1 N–H and O–H groups in total. The van der Waals surface area contributed by atoms with Gasteiger partial charge in [-0.15, -0.1) is 0 Å². The van der Waals surface area contributed by atoms with Gasteiger partial charge in [0.2, 0.25) is 5.66 Å². The van der Waals surface area contributed by atoms with Crippen LogP contribution in [-0.4, -0.2) is 77.7 Å². The van der Waals surface area contributed by atoms with Crippen LogP contribution in [0.15, 0.2) is 53.4 Å². The lowest BCUT2D eigenvalue weighted by molar-refractivity contribution is -0.129. The van der Waals surface area contributed by atoms with Crippen LogP contribution >= 0.6 is 11.6 Å². The smallest absolute Gasteiger partial charge is 0.380 e. The lowest BCUT2D eigenvalue weighted by Gasteiger charge is -2.41. The fourth-order valence-corrected chi connectivity index (χ4v) is 4.97. The van der Waals surface area contributed by atoms with Gasteiger partial charge in [0, 0.05) is 53.2 Å². The quantitative estimate of drug-likeness (QED) is 0.630. The van der Waals surface area contributed by atoms with Crippen LogP contribution in [0.5, 0.6) is 0 Å². The molecule has 3 aliphatic heterocycles. The van der Waals surface area contributed by atoms with Crippen molar-refractivity contribution in [3.8, 4) is 17.3 Å². The normalized spacial score (nSPS) is 22.7. The number of rotatable bonds is 5. The molecular weight excluding hydrogens is 502 g/mol. The molecule has 1 aromatic carbocycles. The molecule has 0 spiro atoms. The van der Waals surface area contributed by atoms with Gasteiger partial charge in [-0.1, -0.05) is 28.7 Å². The topological polar surface area (TPSA) is 87.3 Å². The van der Waals surface area contributed by atoms with Crippen LogP contribution in [-0.2, 0) is 9.53 Å². The molecule has 196 valence electrons. The van der Waals surface area contributed by atoms with Crippen LogP contribution in [0.25, 0.3) is 21.7 Å². The minimum absolute atomic E-state index is 0.140. The average molecular weight is 533 g/mol. The number of hydrogen-bond donors (Lipinski definition) is 1. The number of likely N-dealkylation sites (N-methyl/N-ethyl adjacent to an activating group) is 1. The molecule has 2 atom stereocenters. The largest absolute Gasteiger partial charge is 0.491 e. The highest BCUT2D eigenvalue weighted by atomic mass is 35.5. The van der Waals surface area contributed by atoms with E-state index in [2.05, 4.69) is 26.2 Å². The van der Waals surface area contributed by atoms with E-state index in [0.29, 0.717) is 41.8 Å². The molecule has 0 saturated carbocycles. The fraction of sp³-hybridized carbons (Fsp3) is 0.393. The highest BCUT2D eigenvalue weighted by Crippen LogP contribution is 2.40. The van der Waals surface area contributed by atoms with Crippen molar-refractivity contribution in [3.63, 3.8) is 0 Å². The van der Waals surface area contributed by atoms with Crippen LogP contribution in [0.4, 0.5) is 0 Å². The number of aryl methyl sites for hydroxylation is 1. The third-order valence-electron chi connectivity index (χ3n) is 6.89. The Morgan fingerprint density at radius 1 is 1.34 bits per heavy atom. The maximum absolute atomic E-state index is 14.0. The zero-order valence-electron chi connectivity index (χ0n) is 22.0. The molecule has 3 aliphatic rings. The summed E-state index contributed by atoms with van der Waals surface area (Å²) >= 11 is 6.77. The Hall–Kier alpha value is -3.58. The minimum atomic E-state index is -0.919. The number of amides is 1. The van der Waals surface area contributed by atoms with E-state index in [1.54, 1.807) is 17.3 Å². The van der Waals surface area contributed by atoms with Gasteiger partial charge in [0.05, 0.1) is 36.3 Å². The molecule has 4 heterocycles. The van der Waals surface area contributed by atoms with Crippen molar-refractivity contribution in [3.05, 3.63) is 69.6 Å². The SMILES string of the molecule is Cc1cncc(-c2ccc(C3=CC4=CNC([N+]#CC5CCOC5)=NC4(C)N(CCN(C)C)C3=O)c(Cl)c2)n1. The number of nitrogens with zero attached hydrogens (tertiary/aromatic N) is 6. The number of carbonyl (C=O) groups excluding carboxylic acids is 1. The molecule has 9 nitrogen and oxygen atoms in total. The van der Waals surface area contributed by atoms with Gasteiger partial charge < -0.3 is 9.64 Å². The van der Waals surface area contributed by atoms with Crippen LogP contribution in [0.3, 0.4) is 0 Å². The number of ether oxygens (including phenoxy) is 1. The first-order chi connectivity index (χ1) is 18.2. The predicted molar refractivity (Wildman–Crippen MR) is 149 cm³/mol. The number of benzene rings is 1. The van der Waals surface area contributed by atoms with Crippen molar-refractivity contribution in [2.24, 2.45) is 10.9 Å². The first kappa shape index (κ1) is 26.0. The van der Waals surface area contributed by atoms with Crippen molar-refractivity contribution in [1.82, 2.24) is 25.1 Å². The van der Waals surface area contributed by atoms with E-state index in [-0.39, 0.29) is 11.8 Å². The number of guanidine groups is 1. The maximum atomic E-state index is 14.0. The molecule has 0 radical (unpaired) electrons. The van der Waals surface area contributed by atoms with Crippen molar-refractivity contribution in [2.45, 2.75) is 25.9 Å². The molecule has 1 saturated heterocycles. The average Bonchev–Trinajstić information content (AvgIpc) is 3.40. The standard InChI is InChI=1S/C28H30ClN7O2/c1-18-13-30-16-25(33-18)20-5-6-22(24(29)11-20)23-12-21-15-32-27(31-14-19-7-10-38-17-19)34-28(21,2)36(26(23)37)9-8-35(3)4/h5-6,11-13,15-16,19H,7-10,17H2,1-4H3/p+1. The number of carbonyl (C=O) groups is 1. The maximum Gasteiger partial charge on any atom is 0.491 e. The molecule has 1 fully saturated rings. The van der Waals surface area contributed by atoms with E-state index in [0.717, 1.165) is 35.6 Å². The Bertz CT molecular complexity index is 1420. The van der Waals surface area contributed by atoms with Crippen LogP contribution in [0.1, 0.15) is 24.6 Å². The molecule has 0 aliphatic carbocycles. The second kappa shape index (κ2) is 10.7. The van der Waals surface area contributed by atoms with Gasteiger partial charge >= 0.3 is 5.96 Å². The molecule has 2 unspecified atom stereocenters. The summed E-state index contributed by atoms with van der Waals surface area (Å²) in [6, 6.07) is 8.74. The van der Waals surface area contributed by atoms with Gasteiger partial charge in [-0.25, -0.2) is 10.3 Å². The van der Waals surface area contributed by atoms with Crippen LogP contribution in [0, 0.1) is 18.9 Å². The second-order valence-corrected chi connectivity index (χ2v) is 10.5. The van der Waals surface area contributed by atoms with Crippen molar-refractivity contribution >= 4 is 29.0 Å². The van der Waals surface area contributed by atoms with E-state index in [9.17, 15) is 4.79 Å². The van der Waals surface area contributed by atoms with Crippen LogP contribution < -0.4 is 5.32 Å². The summed E-state index contributed by atoms with van der Waals surface area (Å²) in [6.07, 6.45) is 8.03. The van der Waals surface area contributed by atoms with Gasteiger partial charge in [-0.05, 0) is 46.5 Å². The van der Waals surface area contributed by atoms with E-state index in [1.807, 2.05) is 63.3 Å². The number of aliphatic imine (C=N–C) groups is 1. The Morgan fingerprint density at radius 3 is 2.89 bits per heavy atom. The van der Waals surface area contributed by atoms with Crippen molar-refractivity contribution < 1.29 is 9.53 Å². The summed E-state index contributed by atoms with van der Waals surface area (Å²) in [6.45, 7) is 6.32. The van der Waals surface area contributed by atoms with E-state index < -0.39 is 5.66 Å². The Kier molecular flexibility index (Phi) is 7.30. The monoisotopic (exact) mass is 532 g/mol. The first-order valence-corrected chi connectivity index (χ1v) is 13.0. The second-order valence-electron chi connectivity index (χ2n) is 10.1. The zero-order chi connectivity index (χ0) is 26.9. The molecule has 5 rings (SSSR count). The summed E-state index contributed by atoms with van der Waals surface area (Å²) in [5.74, 6) is 0.431. The van der Waals surface area contributed by atoms with Crippen molar-refractivity contribution in [2.75, 3.05) is 40.4 Å². The molecule has 10 heteroatoms. The number of fused-ring (bicyclic) bond motifs is 1. The van der Waals surface area contributed by atoms with Gasteiger partial charge in [-0.2, -0.15) is 4.85 Å². The number of nitrogens with one attached hydrogen (secondary N) is 1. The Labute approximate surface area is 227 Å². The summed E-state index contributed by atoms with van der Waals surface area (Å²) < 4.78 is 5.41. The highest BCUT2D eigenvalue weighted by Gasteiger charge is 2.49. The van der Waals surface area contributed by atoms with Gasteiger partial charge in [-0.3, -0.25) is 14.7 Å². The molecule has 1 amide bonds. The molecule has 2 aromatic rings. The van der Waals surface area contributed by atoms with Gasteiger partial charge in [0.25, 0.3) is 5.91 Å². The van der Waals surface area contributed by atoms with E-state index in [4.69, 9.17) is 21.3 Å². The molecule has 0 bridgehead atoms. The molecule has 38 heavy (non-hydrogen) atoms. The predicted octanol–water partition coefficient (Wildman–Crippen LogP) is 3.82. The summed E-state index contributed by atoms with van der Waals surface area (Å²) in [7, 11) is 3.96. The Morgan fingerprint density at radius 2 is 2.18 bits per heavy atom. The lowest BCUT2D eigenvalue weighted by atomic mass is 9.88. The van der Waals surface area contributed by atoms with E-state index in [1.165, 1.54) is 0 Å². The number of halogens is 1. The van der Waals surface area contributed by atoms with E-state index >= 15 is 0 Å². The molecule has 1 aromatic heterocycles. The highest BCUT2D eigenvalue weighted by molar-refractivity contribution is 6.35. The third-order valence-corrected chi connectivity index (χ3v) is 7.20. The summed E-state index contributed by atoms with van der Waals surface area (Å²) in [5, 5.41) is 3.63. The van der Waals surface area contributed by atoms with Gasteiger partial charge in [0.1, 0.15) is 6.07 Å². The van der Waals surface area contributed by atoms with Crippen LogP contribution in [0.2, 0.25) is 5.02 Å². The zero-order valence-corrected chi connectivity index (χ0v) is 22.8. The fourth-order valence-electron chi connectivity index (χ4n) is 4.69. The van der Waals surface area contributed by atoms with Crippen molar-refractivity contribution in [1.29, 1.82) is 0 Å². The molecular formula is C28H31ClN7O2+. The number of aromatic nitrogens is 2. The Balaban J connectivity index is 1.51. The summed E-state index contributed by atoms with van der Waals surface area (Å²) in [5.41, 5.74) is 3.47. The lowest BCUT2D eigenvalue weighted by Crippen LogP contribution is -2.56. The summed E-state index contributed by atoms with van der Waals surface area (Å²) in [4.78, 5) is 35.9. The first-order valence-electron chi connectivity index (χ1n) is 12.6. The van der Waals surface area contributed by atoms with Gasteiger partial charge in [0.15, 0.2) is 0 Å². The third kappa shape index (κ3) is 5.20. The number of hydrogen-bond acceptors (Lipinski definition) is 7. The minimum Gasteiger partial charge on any atom is -0.380 e.